The average Bonchev–Trinajstić information content (AvgIpc) is 2.32. The van der Waals surface area contributed by atoms with Crippen molar-refractivity contribution in [2.24, 2.45) is 0 Å². The molecule has 0 N–H and O–H groups in total. The molecule has 0 atom stereocenters. The molecule has 86 valence electrons. The van der Waals surface area contributed by atoms with E-state index in [0.717, 1.165) is 5.02 Å². The molecular formula is C14H11ClO2. The zero-order valence-corrected chi connectivity index (χ0v) is 10.1. The first-order valence-corrected chi connectivity index (χ1v) is 5.37. The lowest BCUT2D eigenvalue weighted by Crippen LogP contribution is -1.77. The zero-order chi connectivity index (χ0) is 12.7. The Balaban J connectivity index is 0.000000437. The van der Waals surface area contributed by atoms with Gasteiger partial charge < -0.3 is 0 Å². The van der Waals surface area contributed by atoms with Gasteiger partial charge in [0, 0.05) is 5.02 Å². The lowest BCUT2D eigenvalue weighted by molar-refractivity contribution is -0.191. The molecule has 0 spiro atoms. The quantitative estimate of drug-likeness (QED) is 0.768. The molecule has 17 heavy (non-hydrogen) atoms. The van der Waals surface area contributed by atoms with E-state index in [1.165, 1.54) is 16.7 Å². The van der Waals surface area contributed by atoms with Gasteiger partial charge in [-0.3, -0.25) is 0 Å². The average molecular weight is 247 g/mol. The highest BCUT2D eigenvalue weighted by Crippen LogP contribution is 2.21. The zero-order valence-electron chi connectivity index (χ0n) is 9.31. The minimum Gasteiger partial charge on any atom is -0.186 e. The summed E-state index contributed by atoms with van der Waals surface area (Å²) in [6, 6.07) is 16.4. The molecular weight excluding hydrogens is 236 g/mol. The van der Waals surface area contributed by atoms with E-state index in [4.69, 9.17) is 21.2 Å². The molecule has 0 aliphatic rings. The van der Waals surface area contributed by atoms with Crippen molar-refractivity contribution in [2.75, 3.05) is 0 Å². The van der Waals surface area contributed by atoms with E-state index in [0.29, 0.717) is 0 Å². The number of hydrogen-bond donors (Lipinski definition) is 0. The molecule has 0 unspecified atom stereocenters. The van der Waals surface area contributed by atoms with Gasteiger partial charge in [0.2, 0.25) is 0 Å². The topological polar surface area (TPSA) is 34.1 Å². The minimum atomic E-state index is 0.250. The number of rotatable bonds is 1. The monoisotopic (exact) mass is 246 g/mol. The highest BCUT2D eigenvalue weighted by molar-refractivity contribution is 6.30. The van der Waals surface area contributed by atoms with Gasteiger partial charge in [-0.05, 0) is 30.2 Å². The van der Waals surface area contributed by atoms with Crippen LogP contribution < -0.4 is 0 Å². The van der Waals surface area contributed by atoms with E-state index in [1.807, 2.05) is 24.3 Å². The number of aryl methyl sites for hydroxylation is 1. The van der Waals surface area contributed by atoms with Crippen LogP contribution in [0.4, 0.5) is 0 Å². The molecule has 0 radical (unpaired) electrons. The maximum absolute atomic E-state index is 8.12. The summed E-state index contributed by atoms with van der Waals surface area (Å²) in [5, 5.41) is 0.779. The van der Waals surface area contributed by atoms with Crippen molar-refractivity contribution < 1.29 is 9.59 Å². The van der Waals surface area contributed by atoms with Crippen LogP contribution in [0.5, 0.6) is 0 Å². The molecule has 2 aromatic rings. The molecule has 2 aromatic carbocycles. The van der Waals surface area contributed by atoms with Gasteiger partial charge in [0.1, 0.15) is 0 Å². The van der Waals surface area contributed by atoms with Gasteiger partial charge in [-0.2, -0.15) is 9.59 Å². The Morgan fingerprint density at radius 3 is 1.59 bits per heavy atom. The van der Waals surface area contributed by atoms with E-state index >= 15 is 0 Å². The highest BCUT2D eigenvalue weighted by Gasteiger charge is 1.96. The third kappa shape index (κ3) is 4.23. The predicted octanol–water partition coefficient (Wildman–Crippen LogP) is 3.73. The van der Waals surface area contributed by atoms with Crippen LogP contribution in [0.25, 0.3) is 11.1 Å². The van der Waals surface area contributed by atoms with E-state index in [2.05, 4.69) is 31.2 Å². The Kier molecular flexibility index (Phi) is 5.15. The molecule has 0 saturated heterocycles. The molecule has 0 aliphatic carbocycles. The van der Waals surface area contributed by atoms with Gasteiger partial charge in [0.15, 0.2) is 0 Å². The van der Waals surface area contributed by atoms with E-state index in [-0.39, 0.29) is 6.15 Å². The van der Waals surface area contributed by atoms with Gasteiger partial charge in [-0.1, -0.05) is 53.6 Å². The van der Waals surface area contributed by atoms with Crippen molar-refractivity contribution in [1.29, 1.82) is 0 Å². The summed E-state index contributed by atoms with van der Waals surface area (Å²) in [5.41, 5.74) is 3.71. The van der Waals surface area contributed by atoms with Crippen molar-refractivity contribution in [1.82, 2.24) is 0 Å². The Morgan fingerprint density at radius 1 is 0.824 bits per heavy atom. The molecule has 3 heteroatoms. The summed E-state index contributed by atoms with van der Waals surface area (Å²) in [5.74, 6) is 0. The highest BCUT2D eigenvalue weighted by atomic mass is 35.5. The number of halogens is 1. The first kappa shape index (κ1) is 13.2. The van der Waals surface area contributed by atoms with Crippen molar-refractivity contribution in [3.8, 4) is 11.1 Å². The van der Waals surface area contributed by atoms with Gasteiger partial charge in [0.25, 0.3) is 0 Å². The third-order valence-corrected chi connectivity index (χ3v) is 2.48. The van der Waals surface area contributed by atoms with Crippen LogP contribution in [0.15, 0.2) is 48.5 Å². The first-order chi connectivity index (χ1) is 8.17. The molecule has 0 aromatic heterocycles. The fourth-order valence-corrected chi connectivity index (χ4v) is 1.51. The van der Waals surface area contributed by atoms with E-state index in [9.17, 15) is 0 Å². The maximum atomic E-state index is 8.12. The molecule has 2 nitrogen and oxygen atoms in total. The summed E-state index contributed by atoms with van der Waals surface area (Å²) in [4.78, 5) is 16.2. The van der Waals surface area contributed by atoms with Gasteiger partial charge in [-0.25, -0.2) is 0 Å². The van der Waals surface area contributed by atoms with Crippen LogP contribution in [-0.4, -0.2) is 6.15 Å². The largest absolute Gasteiger partial charge is 0.373 e. The van der Waals surface area contributed by atoms with Crippen LogP contribution in [-0.2, 0) is 9.59 Å². The molecule has 0 saturated carbocycles. The van der Waals surface area contributed by atoms with E-state index in [1.54, 1.807) is 0 Å². The normalized spacial score (nSPS) is 8.82. The smallest absolute Gasteiger partial charge is 0.186 e. The second kappa shape index (κ2) is 6.64. The number of benzene rings is 2. The lowest BCUT2D eigenvalue weighted by atomic mass is 10.0. The second-order valence-corrected chi connectivity index (χ2v) is 3.89. The second-order valence-electron chi connectivity index (χ2n) is 3.46. The van der Waals surface area contributed by atoms with Crippen molar-refractivity contribution in [3.05, 3.63) is 59.1 Å². The summed E-state index contributed by atoms with van der Waals surface area (Å²) in [7, 11) is 0. The molecule has 2 rings (SSSR count). The van der Waals surface area contributed by atoms with Crippen molar-refractivity contribution >= 4 is 17.8 Å². The third-order valence-electron chi connectivity index (χ3n) is 2.23. The molecule has 0 aliphatic heterocycles. The van der Waals surface area contributed by atoms with Crippen molar-refractivity contribution in [2.45, 2.75) is 6.92 Å². The molecule has 0 fully saturated rings. The molecule has 0 amide bonds. The fraction of sp³-hybridized carbons (Fsp3) is 0.0714. The lowest BCUT2D eigenvalue weighted by Gasteiger charge is -2.01. The Morgan fingerprint density at radius 2 is 1.18 bits per heavy atom. The summed E-state index contributed by atoms with van der Waals surface area (Å²) in [6.45, 7) is 2.09. The molecule has 0 heterocycles. The first-order valence-electron chi connectivity index (χ1n) is 4.99. The predicted molar refractivity (Wildman–Crippen MR) is 66.6 cm³/mol. The Hall–Kier alpha value is -1.89. The van der Waals surface area contributed by atoms with Crippen LogP contribution >= 0.6 is 11.6 Å². The van der Waals surface area contributed by atoms with Crippen LogP contribution in [0.2, 0.25) is 5.02 Å². The SMILES string of the molecule is Cc1ccc(-c2ccc(Cl)cc2)cc1.O=C=O. The standard InChI is InChI=1S/C13H11Cl.CO2/c1-10-2-4-11(5-3-10)12-6-8-13(14)9-7-12;2-1-3/h2-9H,1H3;. The van der Waals surface area contributed by atoms with Crippen LogP contribution in [0.3, 0.4) is 0 Å². The minimum absolute atomic E-state index is 0.250. The van der Waals surface area contributed by atoms with Crippen molar-refractivity contribution in [3.63, 3.8) is 0 Å². The molecule has 0 bridgehead atoms. The number of hydrogen-bond acceptors (Lipinski definition) is 2. The Bertz CT molecular complexity index is 451. The van der Waals surface area contributed by atoms with E-state index < -0.39 is 0 Å². The van der Waals surface area contributed by atoms with Gasteiger partial charge in [0.05, 0.1) is 0 Å². The fourth-order valence-electron chi connectivity index (χ4n) is 1.39. The summed E-state index contributed by atoms with van der Waals surface area (Å²) < 4.78 is 0. The summed E-state index contributed by atoms with van der Waals surface area (Å²) in [6.07, 6.45) is 0.250. The van der Waals surface area contributed by atoms with Crippen LogP contribution in [0.1, 0.15) is 5.56 Å². The van der Waals surface area contributed by atoms with Crippen LogP contribution in [0, 0.1) is 6.92 Å². The Labute approximate surface area is 105 Å². The number of carbonyl (C=O) groups excluding carboxylic acids is 2. The maximum Gasteiger partial charge on any atom is 0.373 e. The van der Waals surface area contributed by atoms with Gasteiger partial charge in [-0.15, -0.1) is 0 Å². The summed E-state index contributed by atoms with van der Waals surface area (Å²) >= 11 is 5.82. The van der Waals surface area contributed by atoms with Gasteiger partial charge >= 0.3 is 6.15 Å².